The number of carbonyl (C=O) groups is 2. The molecule has 2 aliphatic heterocycles. The van der Waals surface area contributed by atoms with Crippen LogP contribution in [0.4, 0.5) is 5.69 Å². The summed E-state index contributed by atoms with van der Waals surface area (Å²) in [6, 6.07) is 4.63. The molecule has 0 bridgehead atoms. The summed E-state index contributed by atoms with van der Waals surface area (Å²) < 4.78 is 7.44. The van der Waals surface area contributed by atoms with Gasteiger partial charge in [-0.05, 0) is 62.9 Å². The van der Waals surface area contributed by atoms with E-state index in [0.29, 0.717) is 17.3 Å². The van der Waals surface area contributed by atoms with Gasteiger partial charge in [0, 0.05) is 68.0 Å². The van der Waals surface area contributed by atoms with Crippen LogP contribution in [0.15, 0.2) is 41.2 Å². The Bertz CT molecular complexity index is 1300. The topological polar surface area (TPSA) is 92.1 Å². The number of dihydropyridines is 1. The summed E-state index contributed by atoms with van der Waals surface area (Å²) >= 11 is 0. The first kappa shape index (κ1) is 28.2. The third-order valence-corrected chi connectivity index (χ3v) is 8.63. The van der Waals surface area contributed by atoms with Crippen molar-refractivity contribution in [1.82, 2.24) is 20.0 Å². The molecule has 1 aromatic heterocycles. The first-order valence-corrected chi connectivity index (χ1v) is 14.6. The SMILES string of the molecule is CC1=CC(C)=NC(=O)C1CNC(=O)c1cc(-c2cnn(CCN3CCOCC3)c2)cc(N(C)C2CCCC2)c1C. The van der Waals surface area contributed by atoms with Gasteiger partial charge in [0.1, 0.15) is 0 Å². The van der Waals surface area contributed by atoms with Gasteiger partial charge in [-0.3, -0.25) is 19.2 Å². The second kappa shape index (κ2) is 12.5. The van der Waals surface area contributed by atoms with Crippen LogP contribution in [0.25, 0.3) is 11.1 Å². The number of aromatic nitrogens is 2. The summed E-state index contributed by atoms with van der Waals surface area (Å²) in [7, 11) is 2.14. The number of nitrogens with one attached hydrogen (secondary N) is 1. The lowest BCUT2D eigenvalue weighted by molar-refractivity contribution is -0.120. The van der Waals surface area contributed by atoms with Gasteiger partial charge in [-0.15, -0.1) is 0 Å². The molecule has 1 saturated heterocycles. The van der Waals surface area contributed by atoms with E-state index in [0.717, 1.165) is 80.2 Å². The minimum absolute atomic E-state index is 0.174. The Morgan fingerprint density at radius 1 is 1.10 bits per heavy atom. The number of morpholine rings is 1. The molecule has 0 spiro atoms. The second-order valence-corrected chi connectivity index (χ2v) is 11.4. The Kier molecular flexibility index (Phi) is 8.81. The van der Waals surface area contributed by atoms with Crippen LogP contribution in [-0.2, 0) is 16.1 Å². The minimum atomic E-state index is -0.429. The molecule has 1 unspecified atom stereocenters. The van der Waals surface area contributed by atoms with Gasteiger partial charge in [0.25, 0.3) is 11.8 Å². The van der Waals surface area contributed by atoms with Gasteiger partial charge in [-0.1, -0.05) is 18.4 Å². The molecule has 9 heteroatoms. The van der Waals surface area contributed by atoms with Gasteiger partial charge in [-0.2, -0.15) is 5.10 Å². The Labute approximate surface area is 237 Å². The number of rotatable bonds is 9. The van der Waals surface area contributed by atoms with Crippen molar-refractivity contribution in [2.75, 3.05) is 51.3 Å². The highest BCUT2D eigenvalue weighted by Gasteiger charge is 2.27. The minimum Gasteiger partial charge on any atom is -0.379 e. The van der Waals surface area contributed by atoms with E-state index in [2.05, 4.69) is 44.5 Å². The molecular formula is C31H42N6O3. The number of ether oxygens (including phenoxy) is 1. The molecule has 2 fully saturated rings. The van der Waals surface area contributed by atoms with E-state index in [-0.39, 0.29) is 18.4 Å². The second-order valence-electron chi connectivity index (χ2n) is 11.4. The van der Waals surface area contributed by atoms with Crippen molar-refractivity contribution in [3.8, 4) is 11.1 Å². The lowest BCUT2D eigenvalue weighted by Gasteiger charge is -2.29. The Morgan fingerprint density at radius 3 is 2.58 bits per heavy atom. The van der Waals surface area contributed by atoms with Crippen LogP contribution in [0.5, 0.6) is 0 Å². The molecule has 9 nitrogen and oxygen atoms in total. The van der Waals surface area contributed by atoms with Crippen LogP contribution < -0.4 is 10.2 Å². The van der Waals surface area contributed by atoms with Gasteiger partial charge in [0.05, 0.1) is 31.9 Å². The number of hydrogen-bond donors (Lipinski definition) is 1. The Hall–Kier alpha value is -3.30. The van der Waals surface area contributed by atoms with Crippen molar-refractivity contribution >= 4 is 23.2 Å². The third kappa shape index (κ3) is 6.36. The van der Waals surface area contributed by atoms with Crippen LogP contribution in [-0.4, -0.2) is 84.7 Å². The van der Waals surface area contributed by atoms with Crippen LogP contribution >= 0.6 is 0 Å². The largest absolute Gasteiger partial charge is 0.379 e. The number of benzene rings is 1. The van der Waals surface area contributed by atoms with Crippen molar-refractivity contribution in [2.45, 2.75) is 59.0 Å². The van der Waals surface area contributed by atoms with Crippen LogP contribution in [0.1, 0.15) is 55.5 Å². The highest BCUT2D eigenvalue weighted by Crippen LogP contribution is 2.34. The van der Waals surface area contributed by atoms with E-state index in [4.69, 9.17) is 4.74 Å². The normalized spacial score (nSPS) is 20.4. The third-order valence-electron chi connectivity index (χ3n) is 8.63. The summed E-state index contributed by atoms with van der Waals surface area (Å²) in [5.74, 6) is -0.803. The van der Waals surface area contributed by atoms with Crippen molar-refractivity contribution in [2.24, 2.45) is 10.9 Å². The molecule has 1 aromatic carbocycles. The Balaban J connectivity index is 1.38. The molecule has 0 radical (unpaired) electrons. The molecule has 3 heterocycles. The number of carbonyl (C=O) groups excluding carboxylic acids is 2. The number of nitrogens with zero attached hydrogens (tertiary/aromatic N) is 5. The smallest absolute Gasteiger partial charge is 0.254 e. The summed E-state index contributed by atoms with van der Waals surface area (Å²) in [6.07, 6.45) is 10.7. The number of allylic oxidation sites excluding steroid dienone is 1. The fourth-order valence-electron chi connectivity index (χ4n) is 6.11. The van der Waals surface area contributed by atoms with Crippen molar-refractivity contribution < 1.29 is 14.3 Å². The van der Waals surface area contributed by atoms with Gasteiger partial charge < -0.3 is 15.0 Å². The molecule has 1 saturated carbocycles. The zero-order valence-corrected chi connectivity index (χ0v) is 24.3. The standard InChI is InChI=1S/C31H42N6O3/c1-21-15-22(2)34-31(39)28(21)19-32-30(38)27-16-24(17-29(23(27)3)35(4)26-7-5-6-8-26)25-18-33-37(20-25)10-9-36-11-13-40-14-12-36/h15-18,20,26,28H,5-14,19H2,1-4H3,(H,32,38). The monoisotopic (exact) mass is 546 g/mol. The molecule has 214 valence electrons. The highest BCUT2D eigenvalue weighted by molar-refractivity contribution is 6.06. The first-order valence-electron chi connectivity index (χ1n) is 14.6. The molecule has 1 N–H and O–H groups in total. The van der Waals surface area contributed by atoms with Gasteiger partial charge in [0.2, 0.25) is 0 Å². The number of anilines is 1. The summed E-state index contributed by atoms with van der Waals surface area (Å²) in [5, 5.41) is 7.67. The van der Waals surface area contributed by atoms with Crippen molar-refractivity contribution in [3.63, 3.8) is 0 Å². The summed E-state index contributed by atoms with van der Waals surface area (Å²) in [5.41, 5.74) is 6.24. The molecular weight excluding hydrogens is 504 g/mol. The van der Waals surface area contributed by atoms with E-state index in [1.165, 1.54) is 12.8 Å². The molecule has 2 amide bonds. The molecule has 1 atom stereocenters. The predicted molar refractivity (Wildman–Crippen MR) is 158 cm³/mol. The lowest BCUT2D eigenvalue weighted by Crippen LogP contribution is -2.38. The highest BCUT2D eigenvalue weighted by atomic mass is 16.5. The van der Waals surface area contributed by atoms with Crippen LogP contribution in [0.2, 0.25) is 0 Å². The van der Waals surface area contributed by atoms with E-state index in [1.807, 2.05) is 43.8 Å². The van der Waals surface area contributed by atoms with Crippen molar-refractivity contribution in [3.05, 3.63) is 47.3 Å². The zero-order valence-electron chi connectivity index (χ0n) is 24.3. The van der Waals surface area contributed by atoms with Gasteiger partial charge >= 0.3 is 0 Å². The zero-order chi connectivity index (χ0) is 28.2. The van der Waals surface area contributed by atoms with Gasteiger partial charge in [0.15, 0.2) is 0 Å². The van der Waals surface area contributed by atoms with Gasteiger partial charge in [-0.25, -0.2) is 4.99 Å². The molecule has 5 rings (SSSR count). The average molecular weight is 547 g/mol. The number of amides is 2. The van der Waals surface area contributed by atoms with E-state index < -0.39 is 5.92 Å². The Morgan fingerprint density at radius 2 is 1.85 bits per heavy atom. The van der Waals surface area contributed by atoms with E-state index in [1.54, 1.807) is 0 Å². The molecule has 1 aliphatic carbocycles. The fraction of sp³-hybridized carbons (Fsp3) is 0.548. The number of aliphatic imine (C=N–C) groups is 1. The molecule has 40 heavy (non-hydrogen) atoms. The number of hydrogen-bond acceptors (Lipinski definition) is 6. The van der Waals surface area contributed by atoms with Crippen LogP contribution in [0, 0.1) is 12.8 Å². The molecule has 3 aliphatic rings. The molecule has 2 aromatic rings. The van der Waals surface area contributed by atoms with Crippen molar-refractivity contribution in [1.29, 1.82) is 0 Å². The van der Waals surface area contributed by atoms with E-state index in [9.17, 15) is 9.59 Å². The first-order chi connectivity index (χ1) is 19.3. The maximum atomic E-state index is 13.6. The summed E-state index contributed by atoms with van der Waals surface area (Å²) in [4.78, 5) is 35.0. The quantitative estimate of drug-likeness (QED) is 0.514. The predicted octanol–water partition coefficient (Wildman–Crippen LogP) is 3.86. The fourth-order valence-corrected chi connectivity index (χ4v) is 6.11. The van der Waals surface area contributed by atoms with Crippen LogP contribution in [0.3, 0.4) is 0 Å². The summed E-state index contributed by atoms with van der Waals surface area (Å²) in [6.45, 7) is 11.2. The maximum Gasteiger partial charge on any atom is 0.254 e. The lowest BCUT2D eigenvalue weighted by atomic mass is 9.95. The van der Waals surface area contributed by atoms with E-state index >= 15 is 0 Å². The maximum absolute atomic E-state index is 13.6. The average Bonchev–Trinajstić information content (AvgIpc) is 3.64.